The minimum absolute atomic E-state index is 0.167. The van der Waals surface area contributed by atoms with Crippen molar-refractivity contribution in [3.05, 3.63) is 18.0 Å². The molecule has 1 saturated heterocycles. The highest BCUT2D eigenvalue weighted by Gasteiger charge is 2.31. The average molecular weight is 583 g/mol. The van der Waals surface area contributed by atoms with E-state index in [0.717, 1.165) is 82.8 Å². The van der Waals surface area contributed by atoms with E-state index in [9.17, 15) is 9.90 Å². The van der Waals surface area contributed by atoms with Crippen LogP contribution in [-0.2, 0) is 4.74 Å². The number of ether oxygens (including phenoxy) is 1. The molecule has 234 valence electrons. The van der Waals surface area contributed by atoms with Crippen molar-refractivity contribution in [2.45, 2.75) is 129 Å². The van der Waals surface area contributed by atoms with Gasteiger partial charge in [-0.1, -0.05) is 13.3 Å². The molecule has 3 aliphatic rings. The second-order valence-electron chi connectivity index (χ2n) is 14.2. The molecule has 42 heavy (non-hydrogen) atoms. The summed E-state index contributed by atoms with van der Waals surface area (Å²) in [5.41, 5.74) is 2.02. The number of nitrogens with zero attached hydrogens (tertiary/aromatic N) is 5. The lowest BCUT2D eigenvalue weighted by Gasteiger charge is -2.38. The first-order valence-corrected chi connectivity index (χ1v) is 16.6. The van der Waals surface area contributed by atoms with Crippen LogP contribution >= 0.6 is 0 Å². The SMILES string of the molecule is CCC[C@H](C)Nc1ncc2c(C3CCC(CN4CCN(C(=O)OC(C)(C)C)CC4)CC3)cn(C3CCC(O)CC3)c2n1. The van der Waals surface area contributed by atoms with Gasteiger partial charge in [-0.15, -0.1) is 0 Å². The minimum atomic E-state index is -0.448. The summed E-state index contributed by atoms with van der Waals surface area (Å²) in [6.07, 6.45) is 14.9. The predicted octanol–water partition coefficient (Wildman–Crippen LogP) is 6.33. The van der Waals surface area contributed by atoms with Crippen molar-refractivity contribution < 1.29 is 14.6 Å². The summed E-state index contributed by atoms with van der Waals surface area (Å²) in [7, 11) is 0. The Morgan fingerprint density at radius 1 is 1.07 bits per heavy atom. The van der Waals surface area contributed by atoms with Gasteiger partial charge < -0.3 is 24.6 Å². The first-order valence-electron chi connectivity index (χ1n) is 16.6. The molecule has 2 aromatic rings. The number of hydrogen-bond donors (Lipinski definition) is 2. The first-order chi connectivity index (χ1) is 20.1. The number of aliphatic hydroxyl groups is 1. The number of aliphatic hydroxyl groups excluding tert-OH is 1. The fourth-order valence-electron chi connectivity index (χ4n) is 7.25. The lowest BCUT2D eigenvalue weighted by atomic mass is 9.78. The van der Waals surface area contributed by atoms with Crippen molar-refractivity contribution in [1.82, 2.24) is 24.3 Å². The van der Waals surface area contributed by atoms with Crippen molar-refractivity contribution in [1.29, 1.82) is 0 Å². The fourth-order valence-corrected chi connectivity index (χ4v) is 7.25. The highest BCUT2D eigenvalue weighted by atomic mass is 16.6. The van der Waals surface area contributed by atoms with Crippen LogP contribution in [0, 0.1) is 5.92 Å². The van der Waals surface area contributed by atoms with Crippen LogP contribution in [-0.4, -0.2) is 86.0 Å². The molecule has 1 aliphatic heterocycles. The summed E-state index contributed by atoms with van der Waals surface area (Å²) in [5, 5.41) is 14.9. The molecule has 0 unspecified atom stereocenters. The van der Waals surface area contributed by atoms with Gasteiger partial charge in [0.1, 0.15) is 11.2 Å². The topological polar surface area (TPSA) is 95.8 Å². The highest BCUT2D eigenvalue weighted by Crippen LogP contribution is 2.41. The third-order valence-electron chi connectivity index (χ3n) is 9.59. The number of amides is 1. The van der Waals surface area contributed by atoms with Crippen molar-refractivity contribution in [3.63, 3.8) is 0 Å². The molecule has 0 radical (unpaired) electrons. The Morgan fingerprint density at radius 2 is 1.76 bits per heavy atom. The van der Waals surface area contributed by atoms with Crippen LogP contribution < -0.4 is 5.32 Å². The molecular weight excluding hydrogens is 528 g/mol. The molecule has 2 N–H and O–H groups in total. The molecule has 0 bridgehead atoms. The zero-order valence-electron chi connectivity index (χ0n) is 26.6. The van der Waals surface area contributed by atoms with Crippen molar-refractivity contribution in [2.24, 2.45) is 5.92 Å². The summed E-state index contributed by atoms with van der Waals surface area (Å²) >= 11 is 0. The lowest BCUT2D eigenvalue weighted by molar-refractivity contribution is 0.0127. The smallest absolute Gasteiger partial charge is 0.410 e. The van der Waals surface area contributed by atoms with E-state index in [1.807, 2.05) is 25.7 Å². The molecule has 0 spiro atoms. The van der Waals surface area contributed by atoms with E-state index in [1.54, 1.807) is 0 Å². The van der Waals surface area contributed by atoms with Gasteiger partial charge in [0.05, 0.1) is 6.10 Å². The molecule has 2 aliphatic carbocycles. The number of fused-ring (bicyclic) bond motifs is 1. The monoisotopic (exact) mass is 582 g/mol. The Bertz CT molecular complexity index is 1170. The van der Waals surface area contributed by atoms with Crippen LogP contribution in [0.4, 0.5) is 10.7 Å². The van der Waals surface area contributed by atoms with Crippen LogP contribution in [0.1, 0.15) is 116 Å². The van der Waals surface area contributed by atoms with Gasteiger partial charge in [0.2, 0.25) is 5.95 Å². The molecular formula is C33H54N6O3. The molecule has 3 heterocycles. The van der Waals surface area contributed by atoms with Gasteiger partial charge in [-0.3, -0.25) is 4.90 Å². The Morgan fingerprint density at radius 3 is 2.40 bits per heavy atom. The maximum Gasteiger partial charge on any atom is 0.410 e. The van der Waals surface area contributed by atoms with Crippen molar-refractivity contribution in [2.75, 3.05) is 38.0 Å². The summed E-state index contributed by atoms with van der Waals surface area (Å²) in [5.74, 6) is 1.96. The Hall–Kier alpha value is -2.39. The Balaban J connectivity index is 1.22. The molecule has 2 aromatic heterocycles. The van der Waals surface area contributed by atoms with Crippen LogP contribution in [0.2, 0.25) is 0 Å². The van der Waals surface area contributed by atoms with Gasteiger partial charge >= 0.3 is 6.09 Å². The molecule has 9 heteroatoms. The fraction of sp³-hybridized carbons (Fsp3) is 0.788. The van der Waals surface area contributed by atoms with Gasteiger partial charge in [0, 0.05) is 62.6 Å². The standard InChI is InChI=1S/C33H54N6O3/c1-6-7-23(2)35-31-34-20-28-29(22-39(30(28)36-31)26-12-14-27(40)15-13-26)25-10-8-24(9-11-25)21-37-16-18-38(19-17-37)32(41)42-33(3,4)5/h20,22-27,40H,6-19,21H2,1-5H3,(H,34,35,36)/t23-,24?,25?,26?,27?/m0/s1. The van der Waals surface area contributed by atoms with Crippen LogP contribution in [0.3, 0.4) is 0 Å². The molecule has 1 amide bonds. The Labute approximate surface area is 252 Å². The number of anilines is 1. The van der Waals surface area contributed by atoms with E-state index >= 15 is 0 Å². The number of carbonyl (C=O) groups is 1. The normalized spacial score (nSPS) is 26.8. The third-order valence-corrected chi connectivity index (χ3v) is 9.59. The van der Waals surface area contributed by atoms with Gasteiger partial charge in [0.25, 0.3) is 0 Å². The van der Waals surface area contributed by atoms with Gasteiger partial charge in [0.15, 0.2) is 0 Å². The van der Waals surface area contributed by atoms with Crippen LogP contribution in [0.25, 0.3) is 11.0 Å². The number of nitrogens with one attached hydrogen (secondary N) is 1. The molecule has 3 fully saturated rings. The predicted molar refractivity (Wildman–Crippen MR) is 168 cm³/mol. The van der Waals surface area contributed by atoms with E-state index in [-0.39, 0.29) is 12.2 Å². The summed E-state index contributed by atoms with van der Waals surface area (Å²) in [6.45, 7) is 14.6. The number of rotatable bonds is 8. The summed E-state index contributed by atoms with van der Waals surface area (Å²) in [6, 6.07) is 0.729. The molecule has 1 atom stereocenters. The number of hydrogen-bond acceptors (Lipinski definition) is 7. The number of aromatic nitrogens is 3. The highest BCUT2D eigenvalue weighted by molar-refractivity contribution is 5.81. The van der Waals surface area contributed by atoms with Crippen molar-refractivity contribution in [3.8, 4) is 0 Å². The Kier molecular flexibility index (Phi) is 9.98. The average Bonchev–Trinajstić information content (AvgIpc) is 3.32. The maximum atomic E-state index is 12.4. The summed E-state index contributed by atoms with van der Waals surface area (Å²) in [4.78, 5) is 26.7. The minimum Gasteiger partial charge on any atom is -0.444 e. The van der Waals surface area contributed by atoms with E-state index in [2.05, 4.69) is 41.0 Å². The lowest BCUT2D eigenvalue weighted by Crippen LogP contribution is -2.51. The molecule has 5 rings (SSSR count). The van der Waals surface area contributed by atoms with Gasteiger partial charge in [-0.2, -0.15) is 4.98 Å². The van der Waals surface area contributed by atoms with E-state index in [0.29, 0.717) is 23.9 Å². The molecule has 0 aromatic carbocycles. The summed E-state index contributed by atoms with van der Waals surface area (Å²) < 4.78 is 7.99. The number of carbonyl (C=O) groups excluding carboxylic acids is 1. The van der Waals surface area contributed by atoms with Crippen LogP contribution in [0.5, 0.6) is 0 Å². The van der Waals surface area contributed by atoms with Gasteiger partial charge in [-0.25, -0.2) is 9.78 Å². The number of piperazine rings is 1. The largest absolute Gasteiger partial charge is 0.444 e. The zero-order chi connectivity index (χ0) is 29.9. The maximum absolute atomic E-state index is 12.4. The van der Waals surface area contributed by atoms with Gasteiger partial charge in [-0.05, 0) is 103 Å². The second kappa shape index (κ2) is 13.5. The van der Waals surface area contributed by atoms with E-state index in [1.165, 1.54) is 36.6 Å². The van der Waals surface area contributed by atoms with E-state index < -0.39 is 5.60 Å². The van der Waals surface area contributed by atoms with Crippen molar-refractivity contribution >= 4 is 23.1 Å². The first kappa shape index (κ1) is 31.0. The zero-order valence-corrected chi connectivity index (χ0v) is 26.6. The second-order valence-corrected chi connectivity index (χ2v) is 14.2. The molecule has 9 nitrogen and oxygen atoms in total. The quantitative estimate of drug-likeness (QED) is 0.375. The third kappa shape index (κ3) is 7.76. The molecule has 2 saturated carbocycles. The van der Waals surface area contributed by atoms with Crippen LogP contribution in [0.15, 0.2) is 12.4 Å². The van der Waals surface area contributed by atoms with E-state index in [4.69, 9.17) is 14.7 Å².